The lowest BCUT2D eigenvalue weighted by atomic mass is 9.96. The Hall–Kier alpha value is -2.23. The summed E-state index contributed by atoms with van der Waals surface area (Å²) in [4.78, 5) is 14.5. The third-order valence-electron chi connectivity index (χ3n) is 3.33. The molecule has 0 saturated heterocycles. The molecule has 1 saturated carbocycles. The Kier molecular flexibility index (Phi) is 3.23. The molecule has 0 aromatic carbocycles. The predicted octanol–water partition coefficient (Wildman–Crippen LogP) is 2.35. The maximum atomic E-state index is 10.4. The van der Waals surface area contributed by atoms with Crippen LogP contribution in [0.2, 0.25) is 0 Å². The van der Waals surface area contributed by atoms with Crippen molar-refractivity contribution in [1.82, 2.24) is 9.99 Å². The number of aromatic nitrogens is 1. The number of nitrogens with zero attached hydrogens (tertiary/aromatic N) is 3. The van der Waals surface area contributed by atoms with Gasteiger partial charge < -0.3 is 0 Å². The van der Waals surface area contributed by atoms with Gasteiger partial charge in [-0.1, -0.05) is 6.08 Å². The van der Waals surface area contributed by atoms with Crippen molar-refractivity contribution < 1.29 is 4.79 Å². The highest BCUT2D eigenvalue weighted by atomic mass is 16.1. The van der Waals surface area contributed by atoms with Gasteiger partial charge in [0.2, 0.25) is 0 Å². The molecule has 2 heterocycles. The second-order valence-corrected chi connectivity index (χ2v) is 4.74. The second-order valence-electron chi connectivity index (χ2n) is 4.74. The molecular formula is C15H15N3O. The first kappa shape index (κ1) is 11.8. The molecule has 1 atom stereocenters. The zero-order valence-corrected chi connectivity index (χ0v) is 10.5. The summed E-state index contributed by atoms with van der Waals surface area (Å²) in [5, 5.41) is 6.50. The minimum absolute atomic E-state index is 0.143. The number of hydrazone groups is 1. The van der Waals surface area contributed by atoms with Crippen LogP contribution in [-0.4, -0.2) is 28.5 Å². The molecule has 2 aliphatic rings. The normalized spacial score (nSPS) is 22.1. The van der Waals surface area contributed by atoms with Gasteiger partial charge in [0.1, 0.15) is 6.29 Å². The van der Waals surface area contributed by atoms with Crippen molar-refractivity contribution in [2.45, 2.75) is 24.8 Å². The number of carbonyl (C=O) groups excluding carboxylic acids is 1. The highest BCUT2D eigenvalue weighted by Crippen LogP contribution is 2.30. The fraction of sp³-hybridized carbons (Fsp3) is 0.267. The minimum atomic E-state index is 0.143. The Morgan fingerprint density at radius 2 is 2.26 bits per heavy atom. The van der Waals surface area contributed by atoms with Crippen LogP contribution in [-0.2, 0) is 4.79 Å². The summed E-state index contributed by atoms with van der Waals surface area (Å²) in [6.07, 6.45) is 16.2. The highest BCUT2D eigenvalue weighted by Gasteiger charge is 2.28. The molecule has 1 aliphatic heterocycles. The van der Waals surface area contributed by atoms with E-state index in [0.29, 0.717) is 6.04 Å². The monoisotopic (exact) mass is 253 g/mol. The van der Waals surface area contributed by atoms with Crippen LogP contribution in [0.3, 0.4) is 0 Å². The molecule has 19 heavy (non-hydrogen) atoms. The van der Waals surface area contributed by atoms with Crippen LogP contribution in [0, 0.1) is 0 Å². The molecule has 0 bridgehead atoms. The Morgan fingerprint density at radius 1 is 1.37 bits per heavy atom. The van der Waals surface area contributed by atoms with Gasteiger partial charge in [-0.25, -0.2) is 0 Å². The van der Waals surface area contributed by atoms with E-state index in [-0.39, 0.29) is 5.92 Å². The lowest BCUT2D eigenvalue weighted by Gasteiger charge is -2.21. The minimum Gasteiger partial charge on any atom is -0.299 e. The number of hydrogen-bond donors (Lipinski definition) is 0. The zero-order chi connectivity index (χ0) is 13.1. The van der Waals surface area contributed by atoms with E-state index in [1.165, 1.54) is 18.9 Å². The number of allylic oxidation sites excluding steroid dienone is 2. The van der Waals surface area contributed by atoms with E-state index >= 15 is 0 Å². The predicted molar refractivity (Wildman–Crippen MR) is 74.6 cm³/mol. The van der Waals surface area contributed by atoms with Crippen molar-refractivity contribution in [2.24, 2.45) is 5.10 Å². The van der Waals surface area contributed by atoms with Crippen LogP contribution >= 0.6 is 0 Å². The fourth-order valence-electron chi connectivity index (χ4n) is 2.16. The molecule has 0 radical (unpaired) electrons. The van der Waals surface area contributed by atoms with Crippen LogP contribution in [0.15, 0.2) is 41.9 Å². The van der Waals surface area contributed by atoms with E-state index in [9.17, 15) is 4.79 Å². The quantitative estimate of drug-likeness (QED) is 0.611. The molecule has 1 unspecified atom stereocenters. The van der Waals surface area contributed by atoms with E-state index in [0.717, 1.165) is 17.4 Å². The Morgan fingerprint density at radius 3 is 2.95 bits per heavy atom. The van der Waals surface area contributed by atoms with Gasteiger partial charge in [0.25, 0.3) is 0 Å². The first-order valence-corrected chi connectivity index (χ1v) is 6.45. The summed E-state index contributed by atoms with van der Waals surface area (Å²) in [5.74, 6) is 0.143. The van der Waals surface area contributed by atoms with Gasteiger partial charge in [0, 0.05) is 30.7 Å². The molecule has 96 valence electrons. The Labute approximate surface area is 112 Å². The zero-order valence-electron chi connectivity index (χ0n) is 10.5. The van der Waals surface area contributed by atoms with Gasteiger partial charge in [0.05, 0.1) is 6.04 Å². The van der Waals surface area contributed by atoms with E-state index in [4.69, 9.17) is 0 Å². The van der Waals surface area contributed by atoms with E-state index in [2.05, 4.69) is 22.4 Å². The van der Waals surface area contributed by atoms with Crippen molar-refractivity contribution in [3.05, 3.63) is 47.9 Å². The van der Waals surface area contributed by atoms with Crippen molar-refractivity contribution in [1.29, 1.82) is 0 Å². The third-order valence-corrected chi connectivity index (χ3v) is 3.33. The summed E-state index contributed by atoms with van der Waals surface area (Å²) in [5.41, 5.74) is 2.07. The molecule has 0 spiro atoms. The fourth-order valence-corrected chi connectivity index (χ4v) is 2.16. The summed E-state index contributed by atoms with van der Waals surface area (Å²) in [6, 6.07) is 2.57. The first-order valence-electron chi connectivity index (χ1n) is 6.45. The summed E-state index contributed by atoms with van der Waals surface area (Å²) < 4.78 is 0. The van der Waals surface area contributed by atoms with Crippen molar-refractivity contribution in [3.63, 3.8) is 0 Å². The van der Waals surface area contributed by atoms with Gasteiger partial charge in [-0.15, -0.1) is 0 Å². The number of hydrogen-bond acceptors (Lipinski definition) is 4. The summed E-state index contributed by atoms with van der Waals surface area (Å²) in [6.45, 7) is 0. The van der Waals surface area contributed by atoms with Crippen molar-refractivity contribution in [2.75, 3.05) is 0 Å². The average molecular weight is 253 g/mol. The first-order chi connectivity index (χ1) is 9.38. The van der Waals surface area contributed by atoms with Crippen LogP contribution in [0.1, 0.15) is 29.9 Å². The Balaban J connectivity index is 1.82. The van der Waals surface area contributed by atoms with Gasteiger partial charge in [-0.3, -0.25) is 14.8 Å². The van der Waals surface area contributed by atoms with E-state index in [1.807, 2.05) is 17.3 Å². The molecule has 4 heteroatoms. The molecule has 0 amide bonds. The van der Waals surface area contributed by atoms with Crippen LogP contribution < -0.4 is 0 Å². The molecule has 1 fully saturated rings. The molecule has 3 rings (SSSR count). The molecule has 1 aromatic heterocycles. The SMILES string of the molecule is O=C/C=C/c1cnccc1C1C=CN(C2CC2)N=C1. The van der Waals surface area contributed by atoms with Crippen molar-refractivity contribution >= 4 is 18.6 Å². The number of pyridine rings is 1. The largest absolute Gasteiger partial charge is 0.299 e. The number of aldehydes is 1. The molecule has 1 aliphatic carbocycles. The second kappa shape index (κ2) is 5.18. The maximum absolute atomic E-state index is 10.4. The lowest BCUT2D eigenvalue weighted by Crippen LogP contribution is -2.18. The third kappa shape index (κ3) is 2.62. The van der Waals surface area contributed by atoms with Gasteiger partial charge in [-0.05, 0) is 42.2 Å². The highest BCUT2D eigenvalue weighted by molar-refractivity contribution is 5.78. The van der Waals surface area contributed by atoms with Crippen LogP contribution in [0.25, 0.3) is 6.08 Å². The van der Waals surface area contributed by atoms with Crippen LogP contribution in [0.4, 0.5) is 0 Å². The van der Waals surface area contributed by atoms with Gasteiger partial charge >= 0.3 is 0 Å². The Bertz CT molecular complexity index is 544. The molecule has 0 N–H and O–H groups in total. The summed E-state index contributed by atoms with van der Waals surface area (Å²) in [7, 11) is 0. The number of carbonyl (C=O) groups is 1. The smallest absolute Gasteiger partial charge is 0.142 e. The van der Waals surface area contributed by atoms with Gasteiger partial charge in [-0.2, -0.15) is 5.10 Å². The van der Waals surface area contributed by atoms with Gasteiger partial charge in [0.15, 0.2) is 0 Å². The molecule has 4 nitrogen and oxygen atoms in total. The average Bonchev–Trinajstić information content (AvgIpc) is 3.30. The molecular weight excluding hydrogens is 238 g/mol. The standard InChI is InChI=1S/C15H15N3O/c19-9-1-2-12-10-16-7-5-15(12)13-6-8-18(17-11-13)14-3-4-14/h1-2,5-11,13-14H,3-4H2/b2-1+. The topological polar surface area (TPSA) is 45.6 Å². The van der Waals surface area contributed by atoms with Crippen molar-refractivity contribution in [3.8, 4) is 0 Å². The lowest BCUT2D eigenvalue weighted by molar-refractivity contribution is -0.104. The molecule has 1 aromatic rings. The summed E-state index contributed by atoms with van der Waals surface area (Å²) >= 11 is 0. The maximum Gasteiger partial charge on any atom is 0.142 e. The van der Waals surface area contributed by atoms with Crippen LogP contribution in [0.5, 0.6) is 0 Å². The van der Waals surface area contributed by atoms with E-state index in [1.54, 1.807) is 18.5 Å². The van der Waals surface area contributed by atoms with E-state index < -0.39 is 0 Å². The number of rotatable bonds is 4.